The van der Waals surface area contributed by atoms with Crippen LogP contribution in [0.25, 0.3) is 0 Å². The minimum Gasteiger partial charge on any atom is -0.788 e. The van der Waals surface area contributed by atoms with Crippen molar-refractivity contribution in [3.8, 4) is 0 Å². The van der Waals surface area contributed by atoms with Crippen molar-refractivity contribution in [3.05, 3.63) is 5.21 Å². The average Bonchev–Trinajstić information content (AvgIpc) is 1.72. The molecule has 0 aromatic heterocycles. The van der Waals surface area contributed by atoms with Crippen LogP contribution in [0.5, 0.6) is 0 Å². The van der Waals surface area contributed by atoms with E-state index in [4.69, 9.17) is 5.73 Å². The summed E-state index contributed by atoms with van der Waals surface area (Å²) < 4.78 is 0. The van der Waals surface area contributed by atoms with Gasteiger partial charge in [-0.15, -0.1) is 0 Å². The molecule has 3 N–H and O–H groups in total. The highest BCUT2D eigenvalue weighted by atomic mass is 16.5. The Morgan fingerprint density at radius 3 is 2.43 bits per heavy atom. The van der Waals surface area contributed by atoms with Crippen molar-refractivity contribution in [2.45, 2.75) is 19.4 Å². The molecular weight excluding hydrogens is 92.1 g/mol. The van der Waals surface area contributed by atoms with Gasteiger partial charge in [0.1, 0.15) is 0 Å². The molecule has 0 aliphatic rings. The molecule has 3 heteroatoms. The lowest BCUT2D eigenvalue weighted by Crippen LogP contribution is -2.30. The van der Waals surface area contributed by atoms with E-state index in [0.29, 0.717) is 6.54 Å². The number of nitrogens with one attached hydrogen (secondary N) is 1. The van der Waals surface area contributed by atoms with E-state index in [-0.39, 0.29) is 6.04 Å². The maximum Gasteiger partial charge on any atom is 0.00715 e. The Bertz CT molecular complexity index is 31.2. The fourth-order valence-corrected chi connectivity index (χ4v) is 0.298. The number of hydrogen-bond donors (Lipinski definition) is 2. The van der Waals surface area contributed by atoms with Crippen molar-refractivity contribution in [2.24, 2.45) is 5.73 Å². The van der Waals surface area contributed by atoms with E-state index >= 15 is 0 Å². The van der Waals surface area contributed by atoms with Crippen LogP contribution in [0.3, 0.4) is 0 Å². The van der Waals surface area contributed by atoms with Gasteiger partial charge < -0.3 is 16.4 Å². The van der Waals surface area contributed by atoms with Crippen molar-refractivity contribution in [3.63, 3.8) is 0 Å². The molecule has 3 nitrogen and oxygen atoms in total. The second-order valence-corrected chi connectivity index (χ2v) is 1.46. The first-order chi connectivity index (χ1) is 3.35. The third-order valence-corrected chi connectivity index (χ3v) is 0.944. The van der Waals surface area contributed by atoms with E-state index in [2.05, 4.69) is 0 Å². The van der Waals surface area contributed by atoms with Crippen molar-refractivity contribution in [1.82, 2.24) is 5.48 Å². The Labute approximate surface area is 43.5 Å². The van der Waals surface area contributed by atoms with Crippen LogP contribution < -0.4 is 11.2 Å². The molecule has 0 aliphatic carbocycles. The molecule has 7 heavy (non-hydrogen) atoms. The summed E-state index contributed by atoms with van der Waals surface area (Å²) in [6.45, 7) is 2.35. The fraction of sp³-hybridized carbons (Fsp3) is 1.00. The molecule has 0 amide bonds. The van der Waals surface area contributed by atoms with Crippen molar-refractivity contribution >= 4 is 0 Å². The first-order valence-electron chi connectivity index (χ1n) is 2.42. The van der Waals surface area contributed by atoms with Gasteiger partial charge in [0.2, 0.25) is 0 Å². The van der Waals surface area contributed by atoms with Crippen LogP contribution in [-0.2, 0) is 0 Å². The molecular formula is C4H11N2O-. The molecule has 44 valence electrons. The lowest BCUT2D eigenvalue weighted by Gasteiger charge is -2.17. The predicted molar refractivity (Wildman–Crippen MR) is 29.6 cm³/mol. The van der Waals surface area contributed by atoms with Crippen LogP contribution in [-0.4, -0.2) is 12.6 Å². The molecule has 0 aromatic rings. The molecule has 0 saturated heterocycles. The SMILES string of the molecule is CCC(CN)N[O-]. The Morgan fingerprint density at radius 2 is 2.43 bits per heavy atom. The standard InChI is InChI=1S/C4H11N2O/c1-2-4(3-5)6-7/h4,6H,2-3,5H2,1H3/q-1. The van der Waals surface area contributed by atoms with Gasteiger partial charge in [0.05, 0.1) is 0 Å². The number of nitrogens with two attached hydrogens (primary N) is 1. The topological polar surface area (TPSA) is 61.1 Å². The van der Waals surface area contributed by atoms with Gasteiger partial charge in [0.25, 0.3) is 0 Å². The molecule has 0 rings (SSSR count). The zero-order valence-corrected chi connectivity index (χ0v) is 4.48. The number of hydrogen-bond acceptors (Lipinski definition) is 3. The van der Waals surface area contributed by atoms with Gasteiger partial charge in [-0.25, -0.2) is 0 Å². The summed E-state index contributed by atoms with van der Waals surface area (Å²) in [6.07, 6.45) is 0.806. The Hall–Kier alpha value is -0.120. The van der Waals surface area contributed by atoms with E-state index < -0.39 is 0 Å². The summed E-state index contributed by atoms with van der Waals surface area (Å²) in [5.41, 5.74) is 6.96. The van der Waals surface area contributed by atoms with Crippen molar-refractivity contribution in [2.75, 3.05) is 6.54 Å². The summed E-state index contributed by atoms with van der Waals surface area (Å²) >= 11 is 0. The van der Waals surface area contributed by atoms with Gasteiger partial charge in [-0.05, 0) is 6.42 Å². The second kappa shape index (κ2) is 4.05. The molecule has 1 unspecified atom stereocenters. The van der Waals surface area contributed by atoms with Crippen molar-refractivity contribution < 1.29 is 0 Å². The highest BCUT2D eigenvalue weighted by Gasteiger charge is 1.91. The molecule has 0 aliphatic heterocycles. The van der Waals surface area contributed by atoms with Gasteiger partial charge in [0.15, 0.2) is 0 Å². The van der Waals surface area contributed by atoms with E-state index in [0.717, 1.165) is 6.42 Å². The molecule has 0 radical (unpaired) electrons. The van der Waals surface area contributed by atoms with Crippen molar-refractivity contribution in [1.29, 1.82) is 0 Å². The third kappa shape index (κ3) is 2.56. The zero-order chi connectivity index (χ0) is 5.70. The van der Waals surface area contributed by atoms with E-state index in [9.17, 15) is 5.21 Å². The lowest BCUT2D eigenvalue weighted by atomic mass is 10.2. The number of rotatable bonds is 3. The van der Waals surface area contributed by atoms with Crippen LogP contribution in [0.15, 0.2) is 0 Å². The summed E-state index contributed by atoms with van der Waals surface area (Å²) in [4.78, 5) is 0. The molecule has 0 fully saturated rings. The lowest BCUT2D eigenvalue weighted by molar-refractivity contribution is 0.579. The summed E-state index contributed by atoms with van der Waals surface area (Å²) in [7, 11) is 0. The molecule has 0 saturated carbocycles. The van der Waals surface area contributed by atoms with Gasteiger partial charge in [-0.3, -0.25) is 0 Å². The van der Waals surface area contributed by atoms with Crippen LogP contribution in [0.2, 0.25) is 0 Å². The smallest absolute Gasteiger partial charge is 0.00715 e. The highest BCUT2D eigenvalue weighted by molar-refractivity contribution is 4.63. The molecule has 0 aromatic carbocycles. The Balaban J connectivity index is 2.99. The minimum absolute atomic E-state index is 0.0417. The van der Waals surface area contributed by atoms with E-state index in [1.54, 1.807) is 0 Å². The summed E-state index contributed by atoms with van der Waals surface area (Å²) in [5.74, 6) is 0. The highest BCUT2D eigenvalue weighted by Crippen LogP contribution is 1.83. The monoisotopic (exact) mass is 103 g/mol. The maximum atomic E-state index is 9.76. The molecule has 0 bridgehead atoms. The maximum absolute atomic E-state index is 9.76. The first-order valence-corrected chi connectivity index (χ1v) is 2.42. The van der Waals surface area contributed by atoms with Gasteiger partial charge in [-0.2, -0.15) is 0 Å². The molecule has 0 heterocycles. The van der Waals surface area contributed by atoms with Crippen LogP contribution >= 0.6 is 0 Å². The first kappa shape index (κ1) is 6.88. The molecule has 1 atom stereocenters. The van der Waals surface area contributed by atoms with E-state index in [1.807, 2.05) is 12.4 Å². The van der Waals surface area contributed by atoms with Gasteiger partial charge >= 0.3 is 0 Å². The average molecular weight is 103 g/mol. The normalized spacial score (nSPS) is 14.1. The largest absolute Gasteiger partial charge is 0.788 e. The van der Waals surface area contributed by atoms with Gasteiger partial charge in [0, 0.05) is 12.6 Å². The summed E-state index contributed by atoms with van der Waals surface area (Å²) in [6, 6.07) is -0.0417. The van der Waals surface area contributed by atoms with E-state index in [1.165, 1.54) is 0 Å². The Morgan fingerprint density at radius 1 is 1.86 bits per heavy atom. The number of hydroxylamine groups is 1. The minimum atomic E-state index is -0.0417. The Kier molecular flexibility index (Phi) is 3.98. The van der Waals surface area contributed by atoms with Crippen LogP contribution in [0.1, 0.15) is 13.3 Å². The summed E-state index contributed by atoms with van der Waals surface area (Å²) in [5, 5.41) is 9.76. The predicted octanol–water partition coefficient (Wildman–Crippen LogP) is -0.189. The second-order valence-electron chi connectivity index (χ2n) is 1.46. The zero-order valence-electron chi connectivity index (χ0n) is 4.48. The van der Waals surface area contributed by atoms with Crippen LogP contribution in [0.4, 0.5) is 0 Å². The molecule has 0 spiro atoms. The fourth-order valence-electron chi connectivity index (χ4n) is 0.298. The van der Waals surface area contributed by atoms with Gasteiger partial charge in [-0.1, -0.05) is 6.92 Å². The van der Waals surface area contributed by atoms with Crippen LogP contribution in [0, 0.1) is 5.21 Å². The quantitative estimate of drug-likeness (QED) is 0.487. The third-order valence-electron chi connectivity index (χ3n) is 0.944.